The highest BCUT2D eigenvalue weighted by Crippen LogP contribution is 2.61. The number of fused-ring (bicyclic) bond motifs is 5. The summed E-state index contributed by atoms with van der Waals surface area (Å²) in [4.78, 5) is 11.8. The van der Waals surface area contributed by atoms with E-state index < -0.39 is 0 Å². The van der Waals surface area contributed by atoms with Crippen LogP contribution in [0.5, 0.6) is 5.75 Å². The largest absolute Gasteiger partial charge is 0.508 e. The minimum atomic E-state index is -0.0477. The van der Waals surface area contributed by atoms with E-state index in [0.717, 1.165) is 19.3 Å². The lowest BCUT2D eigenvalue weighted by Crippen LogP contribution is -2.45. The number of esters is 1. The molecule has 0 bridgehead atoms. The summed E-state index contributed by atoms with van der Waals surface area (Å²) in [6, 6.07) is 5.95. The molecule has 3 aliphatic rings. The van der Waals surface area contributed by atoms with Gasteiger partial charge in [0.05, 0.1) is 0 Å². The molecule has 3 heteroatoms. The highest BCUT2D eigenvalue weighted by molar-refractivity contribution is 5.69. The summed E-state index contributed by atoms with van der Waals surface area (Å²) >= 11 is 0. The van der Waals surface area contributed by atoms with Gasteiger partial charge in [-0.1, -0.05) is 19.9 Å². The van der Waals surface area contributed by atoms with Crippen LogP contribution in [0.4, 0.5) is 0 Å². The number of rotatable bonds is 2. The lowest BCUT2D eigenvalue weighted by molar-refractivity contribution is -0.157. The highest BCUT2D eigenvalue weighted by Gasteiger charge is 2.56. The summed E-state index contributed by atoms with van der Waals surface area (Å²) < 4.78 is 5.83. The fourth-order valence-corrected chi connectivity index (χ4v) is 5.96. The van der Waals surface area contributed by atoms with E-state index >= 15 is 0 Å². The Balaban J connectivity index is 1.60. The van der Waals surface area contributed by atoms with E-state index in [1.54, 1.807) is 0 Å². The standard InChI is InChI=1S/C21H28O3/c1-3-20(23)24-19-9-8-18-17-6-4-13-12-14(22)5-7-15(13)16(17)10-11-21(18,19)2/h5,7,12,16-19,22H,3-4,6,8-11H2,1-2H3/t16-,17+,18+,19+,21-/m0/s1. The number of hydrogen-bond donors (Lipinski definition) is 1. The lowest BCUT2D eigenvalue weighted by atomic mass is 9.55. The van der Waals surface area contributed by atoms with Crippen molar-refractivity contribution in [3.05, 3.63) is 29.3 Å². The Morgan fingerprint density at radius 2 is 2.12 bits per heavy atom. The Hall–Kier alpha value is -1.51. The second-order valence-corrected chi connectivity index (χ2v) is 8.25. The van der Waals surface area contributed by atoms with Gasteiger partial charge in [-0.3, -0.25) is 4.79 Å². The quantitative estimate of drug-likeness (QED) is 0.809. The van der Waals surface area contributed by atoms with Crippen molar-refractivity contribution in [2.45, 2.75) is 70.8 Å². The Bertz CT molecular complexity index is 652. The molecule has 0 aromatic heterocycles. The summed E-state index contributed by atoms with van der Waals surface area (Å²) in [6.45, 7) is 4.24. The molecule has 0 saturated heterocycles. The molecular weight excluding hydrogens is 300 g/mol. The van der Waals surface area contributed by atoms with Gasteiger partial charge in [0, 0.05) is 11.8 Å². The van der Waals surface area contributed by atoms with Gasteiger partial charge in [0.15, 0.2) is 0 Å². The molecule has 0 radical (unpaired) electrons. The van der Waals surface area contributed by atoms with E-state index in [1.165, 1.54) is 30.4 Å². The molecule has 4 rings (SSSR count). The number of carbonyl (C=O) groups is 1. The lowest BCUT2D eigenvalue weighted by Gasteiger charge is -2.50. The van der Waals surface area contributed by atoms with Gasteiger partial charge >= 0.3 is 5.97 Å². The van der Waals surface area contributed by atoms with Crippen molar-refractivity contribution in [3.8, 4) is 5.75 Å². The van der Waals surface area contributed by atoms with Crippen LogP contribution in [0.1, 0.15) is 69.4 Å². The number of aryl methyl sites for hydroxylation is 1. The zero-order chi connectivity index (χ0) is 16.9. The fourth-order valence-electron chi connectivity index (χ4n) is 5.96. The molecule has 0 unspecified atom stereocenters. The maximum Gasteiger partial charge on any atom is 0.305 e. The Morgan fingerprint density at radius 3 is 2.92 bits per heavy atom. The smallest absolute Gasteiger partial charge is 0.305 e. The van der Waals surface area contributed by atoms with Crippen molar-refractivity contribution in [1.82, 2.24) is 0 Å². The van der Waals surface area contributed by atoms with E-state index in [9.17, 15) is 9.90 Å². The predicted molar refractivity (Wildman–Crippen MR) is 92.9 cm³/mol. The fraction of sp³-hybridized carbons (Fsp3) is 0.667. The molecule has 130 valence electrons. The zero-order valence-electron chi connectivity index (χ0n) is 14.8. The summed E-state index contributed by atoms with van der Waals surface area (Å²) in [5, 5.41) is 9.77. The first kappa shape index (κ1) is 16.0. The molecule has 5 atom stereocenters. The van der Waals surface area contributed by atoms with E-state index in [4.69, 9.17) is 4.74 Å². The third-order valence-electron chi connectivity index (χ3n) is 7.19. The molecule has 0 aliphatic heterocycles. The van der Waals surface area contributed by atoms with Gasteiger partial charge in [-0.25, -0.2) is 0 Å². The molecular formula is C21H28O3. The van der Waals surface area contributed by atoms with E-state index in [0.29, 0.717) is 29.9 Å². The van der Waals surface area contributed by atoms with Crippen LogP contribution in [-0.4, -0.2) is 17.2 Å². The third kappa shape index (κ3) is 2.35. The Kier molecular flexibility index (Phi) is 3.85. The number of aromatic hydroxyl groups is 1. The first-order valence-corrected chi connectivity index (χ1v) is 9.54. The average molecular weight is 328 g/mol. The summed E-state index contributed by atoms with van der Waals surface area (Å²) in [5.41, 5.74) is 2.95. The molecule has 0 heterocycles. The van der Waals surface area contributed by atoms with Crippen LogP contribution in [0.3, 0.4) is 0 Å². The van der Waals surface area contributed by atoms with Crippen LogP contribution in [0, 0.1) is 17.3 Å². The van der Waals surface area contributed by atoms with Crippen LogP contribution >= 0.6 is 0 Å². The van der Waals surface area contributed by atoms with Gasteiger partial charge in [0.1, 0.15) is 11.9 Å². The van der Waals surface area contributed by atoms with Crippen molar-refractivity contribution in [3.63, 3.8) is 0 Å². The first-order chi connectivity index (χ1) is 11.5. The molecule has 2 fully saturated rings. The summed E-state index contributed by atoms with van der Waals surface area (Å²) in [6.07, 6.45) is 7.38. The maximum atomic E-state index is 11.8. The molecule has 24 heavy (non-hydrogen) atoms. The van der Waals surface area contributed by atoms with Gasteiger partial charge in [-0.15, -0.1) is 0 Å². The minimum absolute atomic E-state index is 0.0477. The molecule has 2 saturated carbocycles. The van der Waals surface area contributed by atoms with E-state index in [-0.39, 0.29) is 17.5 Å². The maximum absolute atomic E-state index is 11.8. The number of carbonyl (C=O) groups excluding carboxylic acids is 1. The van der Waals surface area contributed by atoms with Crippen LogP contribution in [-0.2, 0) is 16.0 Å². The molecule has 1 aromatic rings. The molecule has 0 spiro atoms. The van der Waals surface area contributed by atoms with Gasteiger partial charge in [0.2, 0.25) is 0 Å². The zero-order valence-corrected chi connectivity index (χ0v) is 14.8. The van der Waals surface area contributed by atoms with Gasteiger partial charge in [-0.05, 0) is 79.5 Å². The molecule has 1 N–H and O–H groups in total. The van der Waals surface area contributed by atoms with Crippen LogP contribution in [0.15, 0.2) is 18.2 Å². The number of benzene rings is 1. The number of hydrogen-bond acceptors (Lipinski definition) is 3. The summed E-state index contributed by atoms with van der Waals surface area (Å²) in [5.74, 6) is 2.32. The number of phenols is 1. The predicted octanol–water partition coefficient (Wildman–Crippen LogP) is 4.57. The molecule has 0 amide bonds. The first-order valence-electron chi connectivity index (χ1n) is 9.54. The molecule has 3 nitrogen and oxygen atoms in total. The van der Waals surface area contributed by atoms with E-state index in [1.807, 2.05) is 19.1 Å². The molecule has 3 aliphatic carbocycles. The topological polar surface area (TPSA) is 46.5 Å². The second kappa shape index (κ2) is 5.79. The van der Waals surface area contributed by atoms with Crippen molar-refractivity contribution in [2.24, 2.45) is 17.3 Å². The van der Waals surface area contributed by atoms with Gasteiger partial charge in [0.25, 0.3) is 0 Å². The van der Waals surface area contributed by atoms with Crippen LogP contribution in [0.2, 0.25) is 0 Å². The van der Waals surface area contributed by atoms with Crippen molar-refractivity contribution >= 4 is 5.97 Å². The van der Waals surface area contributed by atoms with Gasteiger partial charge < -0.3 is 9.84 Å². The Morgan fingerprint density at radius 1 is 1.29 bits per heavy atom. The average Bonchev–Trinajstić information content (AvgIpc) is 2.90. The van der Waals surface area contributed by atoms with Crippen molar-refractivity contribution in [2.75, 3.05) is 0 Å². The highest BCUT2D eigenvalue weighted by atomic mass is 16.5. The van der Waals surface area contributed by atoms with Crippen molar-refractivity contribution in [1.29, 1.82) is 0 Å². The van der Waals surface area contributed by atoms with Crippen LogP contribution < -0.4 is 0 Å². The number of ether oxygens (including phenoxy) is 1. The summed E-state index contributed by atoms with van der Waals surface area (Å²) in [7, 11) is 0. The minimum Gasteiger partial charge on any atom is -0.508 e. The van der Waals surface area contributed by atoms with E-state index in [2.05, 4.69) is 13.0 Å². The molecule has 1 aromatic carbocycles. The Labute approximate surface area is 144 Å². The normalized spacial score (nSPS) is 37.2. The SMILES string of the molecule is CCC(=O)O[C@@H]1CC[C@@H]2[C@@H]3CCc4cc(O)ccc4[C@@H]3CC[C@@]21C. The van der Waals surface area contributed by atoms with Crippen molar-refractivity contribution < 1.29 is 14.6 Å². The third-order valence-corrected chi connectivity index (χ3v) is 7.19. The second-order valence-electron chi connectivity index (χ2n) is 8.25. The van der Waals surface area contributed by atoms with Gasteiger partial charge in [-0.2, -0.15) is 0 Å². The number of phenolic OH excluding ortho intramolecular Hbond substituents is 1. The monoisotopic (exact) mass is 328 g/mol. The van der Waals surface area contributed by atoms with Crippen LogP contribution in [0.25, 0.3) is 0 Å².